The van der Waals surface area contributed by atoms with E-state index in [1.165, 1.54) is 7.11 Å². The minimum absolute atomic E-state index is 0.217. The van der Waals surface area contributed by atoms with Gasteiger partial charge < -0.3 is 9.47 Å². The van der Waals surface area contributed by atoms with Crippen LogP contribution in [0.1, 0.15) is 26.3 Å². The Kier molecular flexibility index (Phi) is 5.80. The Labute approximate surface area is 155 Å². The van der Waals surface area contributed by atoms with Crippen molar-refractivity contribution in [3.8, 4) is 5.75 Å². The molecule has 0 saturated carbocycles. The largest absolute Gasteiger partial charge is 0.495 e. The van der Waals surface area contributed by atoms with Crippen LogP contribution in [0.3, 0.4) is 0 Å². The highest BCUT2D eigenvalue weighted by atomic mass is 35.5. The second-order valence-electron chi connectivity index (χ2n) is 6.25. The van der Waals surface area contributed by atoms with E-state index in [4.69, 9.17) is 21.1 Å². The second kappa shape index (κ2) is 7.49. The number of nitrogens with zero attached hydrogens (tertiary/aromatic N) is 1. The number of benzene rings is 1. The van der Waals surface area contributed by atoms with Gasteiger partial charge in [-0.1, -0.05) is 17.7 Å². The van der Waals surface area contributed by atoms with Crippen LogP contribution in [0.15, 0.2) is 23.1 Å². The van der Waals surface area contributed by atoms with E-state index in [9.17, 15) is 14.4 Å². The normalized spacial score (nSPS) is 16.5. The van der Waals surface area contributed by atoms with Gasteiger partial charge in [0.05, 0.1) is 17.0 Å². The molecule has 0 aliphatic carbocycles. The Morgan fingerprint density at radius 1 is 1.32 bits per heavy atom. The van der Waals surface area contributed by atoms with Crippen molar-refractivity contribution in [2.24, 2.45) is 0 Å². The van der Waals surface area contributed by atoms with E-state index in [2.05, 4.69) is 0 Å². The van der Waals surface area contributed by atoms with Crippen LogP contribution in [0.25, 0.3) is 6.08 Å². The maximum Gasteiger partial charge on any atom is 0.326 e. The number of rotatable bonds is 4. The van der Waals surface area contributed by atoms with Crippen LogP contribution in [0.2, 0.25) is 5.02 Å². The van der Waals surface area contributed by atoms with Crippen molar-refractivity contribution in [3.63, 3.8) is 0 Å². The van der Waals surface area contributed by atoms with Crippen molar-refractivity contribution < 1.29 is 23.9 Å². The van der Waals surface area contributed by atoms with E-state index in [0.29, 0.717) is 16.3 Å². The summed E-state index contributed by atoms with van der Waals surface area (Å²) >= 11 is 6.82. The number of hydrogen-bond acceptors (Lipinski definition) is 6. The lowest BCUT2D eigenvalue weighted by atomic mass is 10.2. The van der Waals surface area contributed by atoms with Crippen molar-refractivity contribution in [2.75, 3.05) is 13.7 Å². The molecular formula is C17H18ClNO5S. The van der Waals surface area contributed by atoms with E-state index >= 15 is 0 Å². The summed E-state index contributed by atoms with van der Waals surface area (Å²) < 4.78 is 10.2. The minimum Gasteiger partial charge on any atom is -0.495 e. The third-order valence-corrected chi connectivity index (χ3v) is 4.26. The molecule has 0 aromatic heterocycles. The molecule has 134 valence electrons. The lowest BCUT2D eigenvalue weighted by Gasteiger charge is -2.21. The van der Waals surface area contributed by atoms with Crippen molar-refractivity contribution in [2.45, 2.75) is 26.4 Å². The first-order valence-electron chi connectivity index (χ1n) is 7.41. The summed E-state index contributed by atoms with van der Waals surface area (Å²) in [6.45, 7) is 4.73. The summed E-state index contributed by atoms with van der Waals surface area (Å²) in [5, 5.41) is -0.119. The molecule has 25 heavy (non-hydrogen) atoms. The van der Waals surface area contributed by atoms with Crippen molar-refractivity contribution in [1.29, 1.82) is 0 Å². The standard InChI is InChI=1S/C17H18ClNO5S/c1-17(2,3)24-14(20)9-19-15(21)13(25-16(19)22)8-10-5-6-12(23-4)11(18)7-10/h5-8H,9H2,1-4H3/b13-8+. The maximum absolute atomic E-state index is 12.4. The van der Waals surface area contributed by atoms with Gasteiger partial charge >= 0.3 is 5.97 Å². The molecule has 8 heteroatoms. The fraction of sp³-hybridized carbons (Fsp3) is 0.353. The van der Waals surface area contributed by atoms with Crippen LogP contribution in [0.5, 0.6) is 5.75 Å². The Bertz CT molecular complexity index is 754. The molecule has 0 N–H and O–H groups in total. The predicted molar refractivity (Wildman–Crippen MR) is 96.5 cm³/mol. The van der Waals surface area contributed by atoms with Crippen LogP contribution in [0.4, 0.5) is 4.79 Å². The van der Waals surface area contributed by atoms with Crippen molar-refractivity contribution in [1.82, 2.24) is 4.90 Å². The quantitative estimate of drug-likeness (QED) is 0.582. The summed E-state index contributed by atoms with van der Waals surface area (Å²) in [7, 11) is 1.50. The van der Waals surface area contributed by atoms with Gasteiger partial charge in [0.1, 0.15) is 17.9 Å². The molecule has 2 amide bonds. The zero-order valence-electron chi connectivity index (χ0n) is 14.3. The van der Waals surface area contributed by atoms with E-state index < -0.39 is 29.3 Å². The fourth-order valence-corrected chi connectivity index (χ4v) is 3.17. The third kappa shape index (κ3) is 4.99. The molecule has 1 aromatic carbocycles. The lowest BCUT2D eigenvalue weighted by molar-refractivity contribution is -0.156. The number of imide groups is 1. The Morgan fingerprint density at radius 3 is 2.56 bits per heavy atom. The highest BCUT2D eigenvalue weighted by molar-refractivity contribution is 8.18. The number of hydrogen-bond donors (Lipinski definition) is 0. The predicted octanol–water partition coefficient (Wildman–Crippen LogP) is 3.73. The molecule has 1 saturated heterocycles. The zero-order chi connectivity index (χ0) is 18.8. The van der Waals surface area contributed by atoms with Gasteiger partial charge in [-0.05, 0) is 56.3 Å². The van der Waals surface area contributed by atoms with Crippen LogP contribution < -0.4 is 4.74 Å². The van der Waals surface area contributed by atoms with Gasteiger partial charge in [0.2, 0.25) is 0 Å². The smallest absolute Gasteiger partial charge is 0.326 e. The van der Waals surface area contributed by atoms with Gasteiger partial charge in [0, 0.05) is 0 Å². The van der Waals surface area contributed by atoms with Crippen molar-refractivity contribution in [3.05, 3.63) is 33.7 Å². The average Bonchev–Trinajstić information content (AvgIpc) is 2.73. The first-order chi connectivity index (χ1) is 11.6. The lowest BCUT2D eigenvalue weighted by Crippen LogP contribution is -2.37. The van der Waals surface area contributed by atoms with Gasteiger partial charge in [-0.25, -0.2) is 0 Å². The Morgan fingerprint density at radius 2 is 2.00 bits per heavy atom. The molecule has 0 spiro atoms. The van der Waals surface area contributed by atoms with Gasteiger partial charge in [0.25, 0.3) is 11.1 Å². The van der Waals surface area contributed by atoms with Crippen LogP contribution >= 0.6 is 23.4 Å². The van der Waals surface area contributed by atoms with Gasteiger partial charge in [-0.15, -0.1) is 0 Å². The number of carbonyl (C=O) groups excluding carboxylic acids is 3. The topological polar surface area (TPSA) is 72.9 Å². The number of esters is 1. The molecule has 2 rings (SSSR count). The molecule has 0 bridgehead atoms. The molecule has 6 nitrogen and oxygen atoms in total. The highest BCUT2D eigenvalue weighted by Gasteiger charge is 2.37. The van der Waals surface area contributed by atoms with E-state index in [1.807, 2.05) is 0 Å². The minimum atomic E-state index is -0.686. The SMILES string of the molecule is COc1ccc(/C=C2/SC(=O)N(CC(=O)OC(C)(C)C)C2=O)cc1Cl. The second-order valence-corrected chi connectivity index (χ2v) is 7.65. The summed E-state index contributed by atoms with van der Waals surface area (Å²) in [5.41, 5.74) is -0.0391. The number of halogens is 1. The average molecular weight is 384 g/mol. The molecule has 1 aliphatic rings. The molecular weight excluding hydrogens is 366 g/mol. The number of ether oxygens (including phenoxy) is 2. The Balaban J connectivity index is 2.15. The monoisotopic (exact) mass is 383 g/mol. The van der Waals surface area contributed by atoms with Gasteiger partial charge in [-0.3, -0.25) is 19.3 Å². The van der Waals surface area contributed by atoms with Gasteiger partial charge in [0.15, 0.2) is 0 Å². The number of methoxy groups -OCH3 is 1. The highest BCUT2D eigenvalue weighted by Crippen LogP contribution is 2.33. The first-order valence-corrected chi connectivity index (χ1v) is 8.61. The van der Waals surface area contributed by atoms with E-state index in [0.717, 1.165) is 16.7 Å². The number of thioether (sulfide) groups is 1. The van der Waals surface area contributed by atoms with E-state index in [-0.39, 0.29) is 4.91 Å². The van der Waals surface area contributed by atoms with Gasteiger partial charge in [-0.2, -0.15) is 0 Å². The molecule has 1 aromatic rings. The number of amides is 2. The first kappa shape index (κ1) is 19.3. The zero-order valence-corrected chi connectivity index (χ0v) is 15.9. The van der Waals surface area contributed by atoms with Crippen LogP contribution in [-0.4, -0.2) is 41.3 Å². The summed E-state index contributed by atoms with van der Waals surface area (Å²) in [5.74, 6) is -0.659. The molecule has 0 unspecified atom stereocenters. The molecule has 1 heterocycles. The fourth-order valence-electron chi connectivity index (χ4n) is 2.06. The molecule has 0 atom stereocenters. The molecule has 0 radical (unpaired) electrons. The molecule has 1 fully saturated rings. The van der Waals surface area contributed by atoms with E-state index in [1.54, 1.807) is 45.0 Å². The van der Waals surface area contributed by atoms with Crippen LogP contribution in [-0.2, 0) is 14.3 Å². The third-order valence-electron chi connectivity index (χ3n) is 3.05. The molecule has 1 aliphatic heterocycles. The maximum atomic E-state index is 12.4. The summed E-state index contributed by atoms with van der Waals surface area (Å²) in [6.07, 6.45) is 1.55. The Hall–Kier alpha value is -1.99. The van der Waals surface area contributed by atoms with Crippen LogP contribution in [0, 0.1) is 0 Å². The number of carbonyl (C=O) groups is 3. The summed E-state index contributed by atoms with van der Waals surface area (Å²) in [6, 6.07) is 5.01. The van der Waals surface area contributed by atoms with Crippen molar-refractivity contribution >= 4 is 46.6 Å². The summed E-state index contributed by atoms with van der Waals surface area (Å²) in [4.78, 5) is 37.4.